The van der Waals surface area contributed by atoms with Gasteiger partial charge in [0.15, 0.2) is 0 Å². The Morgan fingerprint density at radius 1 is 1.06 bits per heavy atom. The number of carbonyl (C=O) groups excluding carboxylic acids is 1. The normalized spacial score (nSPS) is 10.9. The number of amides is 1. The van der Waals surface area contributed by atoms with Gasteiger partial charge in [-0.2, -0.15) is 5.10 Å². The van der Waals surface area contributed by atoms with E-state index in [1.807, 2.05) is 6.07 Å². The molecule has 0 saturated carbocycles. The lowest BCUT2D eigenvalue weighted by molar-refractivity contribution is -0.121. The van der Waals surface area contributed by atoms with E-state index in [9.17, 15) is 14.0 Å². The highest BCUT2D eigenvalue weighted by atomic mass is 19.1. The highest BCUT2D eigenvalue weighted by molar-refractivity contribution is 5.76. The molecule has 33 heavy (non-hydrogen) atoms. The van der Waals surface area contributed by atoms with Crippen LogP contribution in [-0.4, -0.2) is 34.3 Å². The number of halogens is 1. The minimum Gasteiger partial charge on any atom is -0.497 e. The van der Waals surface area contributed by atoms with Gasteiger partial charge in [0.05, 0.1) is 19.9 Å². The van der Waals surface area contributed by atoms with E-state index in [-0.39, 0.29) is 30.2 Å². The Hall–Kier alpha value is -4.14. The van der Waals surface area contributed by atoms with E-state index < -0.39 is 0 Å². The summed E-state index contributed by atoms with van der Waals surface area (Å²) in [6, 6.07) is 12.9. The number of rotatable bonds is 8. The molecule has 9 heteroatoms. The first-order valence-corrected chi connectivity index (χ1v) is 10.3. The molecule has 8 nitrogen and oxygen atoms in total. The summed E-state index contributed by atoms with van der Waals surface area (Å²) in [6.45, 7) is 0.515. The van der Waals surface area contributed by atoms with Gasteiger partial charge in [-0.3, -0.25) is 9.59 Å². The smallest absolute Gasteiger partial charge is 0.276 e. The highest BCUT2D eigenvalue weighted by Crippen LogP contribution is 2.24. The second-order valence-electron chi connectivity index (χ2n) is 7.37. The molecule has 2 heterocycles. The van der Waals surface area contributed by atoms with Crippen LogP contribution < -0.4 is 20.3 Å². The Balaban J connectivity index is 1.42. The second-order valence-corrected chi connectivity index (χ2v) is 7.37. The van der Waals surface area contributed by atoms with Crippen LogP contribution in [-0.2, 0) is 17.9 Å². The fraction of sp³-hybridized carbons (Fsp3) is 0.208. The number of ether oxygens (including phenoxy) is 2. The minimum absolute atomic E-state index is 0.132. The van der Waals surface area contributed by atoms with Gasteiger partial charge in [-0.05, 0) is 42.5 Å². The van der Waals surface area contributed by atoms with Crippen LogP contribution in [0.25, 0.3) is 16.8 Å². The van der Waals surface area contributed by atoms with Crippen LogP contribution in [0.2, 0.25) is 0 Å². The van der Waals surface area contributed by atoms with Crippen molar-refractivity contribution in [3.63, 3.8) is 0 Å². The van der Waals surface area contributed by atoms with Crippen LogP contribution in [0.5, 0.6) is 11.5 Å². The summed E-state index contributed by atoms with van der Waals surface area (Å²) in [5.74, 6) is 0.752. The van der Waals surface area contributed by atoms with Gasteiger partial charge in [0.1, 0.15) is 22.8 Å². The average Bonchev–Trinajstić information content (AvgIpc) is 3.28. The van der Waals surface area contributed by atoms with Crippen LogP contribution >= 0.6 is 0 Å². The Morgan fingerprint density at radius 2 is 1.85 bits per heavy atom. The Bertz CT molecular complexity index is 1350. The number of benzene rings is 2. The Morgan fingerprint density at radius 3 is 2.58 bits per heavy atom. The molecule has 2 aromatic heterocycles. The van der Waals surface area contributed by atoms with Crippen molar-refractivity contribution in [1.82, 2.24) is 19.5 Å². The number of aromatic nitrogens is 3. The molecular formula is C24H23FN4O4. The van der Waals surface area contributed by atoms with Crippen LogP contribution in [0.3, 0.4) is 0 Å². The van der Waals surface area contributed by atoms with Gasteiger partial charge in [-0.1, -0.05) is 0 Å². The molecule has 0 bridgehead atoms. The Kier molecular flexibility index (Phi) is 6.39. The monoisotopic (exact) mass is 450 g/mol. The van der Waals surface area contributed by atoms with Gasteiger partial charge in [0.25, 0.3) is 5.56 Å². The summed E-state index contributed by atoms with van der Waals surface area (Å²) in [5.41, 5.74) is 2.21. The molecule has 0 aliphatic heterocycles. The number of nitrogens with one attached hydrogen (secondary N) is 1. The second kappa shape index (κ2) is 9.56. The SMILES string of the molecule is COc1ccc(CNC(=O)CCn2ccn3nc(-c4ccc(F)cc4)cc3c2=O)c(OC)c1. The minimum atomic E-state index is -0.339. The third-order valence-corrected chi connectivity index (χ3v) is 5.29. The zero-order valence-electron chi connectivity index (χ0n) is 18.2. The maximum Gasteiger partial charge on any atom is 0.276 e. The predicted octanol–water partition coefficient (Wildman–Crippen LogP) is 3.03. The lowest BCUT2D eigenvalue weighted by atomic mass is 10.1. The maximum absolute atomic E-state index is 13.2. The van der Waals surface area contributed by atoms with E-state index >= 15 is 0 Å². The molecule has 0 unspecified atom stereocenters. The molecule has 170 valence electrons. The summed E-state index contributed by atoms with van der Waals surface area (Å²) in [6.07, 6.45) is 3.38. The van der Waals surface area contributed by atoms with Crippen molar-refractivity contribution >= 4 is 11.4 Å². The first-order valence-electron chi connectivity index (χ1n) is 10.3. The summed E-state index contributed by atoms with van der Waals surface area (Å²) < 4.78 is 26.6. The van der Waals surface area contributed by atoms with E-state index in [0.29, 0.717) is 34.8 Å². The molecule has 1 N–H and O–H groups in total. The summed E-state index contributed by atoms with van der Waals surface area (Å²) in [5, 5.41) is 7.23. The number of hydrogen-bond acceptors (Lipinski definition) is 5. The van der Waals surface area contributed by atoms with E-state index in [1.54, 1.807) is 56.9 Å². The zero-order valence-corrected chi connectivity index (χ0v) is 18.2. The average molecular weight is 450 g/mol. The standard InChI is InChI=1S/C24H23FN4O4/c1-32-19-8-5-17(22(13-19)33-2)15-26-23(30)9-10-28-11-12-29-21(24(28)31)14-20(27-29)16-3-6-18(25)7-4-16/h3-8,11-14H,9-10,15H2,1-2H3,(H,26,30). The molecule has 0 aliphatic rings. The van der Waals surface area contributed by atoms with E-state index in [2.05, 4.69) is 10.4 Å². The molecule has 2 aromatic carbocycles. The Labute approximate surface area is 189 Å². The molecule has 4 rings (SSSR count). The molecule has 0 fully saturated rings. The summed E-state index contributed by atoms with van der Waals surface area (Å²) in [7, 11) is 3.13. The first kappa shape index (κ1) is 22.1. The van der Waals surface area contributed by atoms with Crippen LogP contribution in [0.15, 0.2) is 65.7 Å². The molecule has 0 radical (unpaired) electrons. The van der Waals surface area contributed by atoms with Crippen LogP contribution in [0, 0.1) is 5.82 Å². The first-order chi connectivity index (χ1) is 16.0. The lowest BCUT2D eigenvalue weighted by Crippen LogP contribution is -2.27. The number of fused-ring (bicyclic) bond motifs is 1. The van der Waals surface area contributed by atoms with Gasteiger partial charge >= 0.3 is 0 Å². The number of nitrogens with zero attached hydrogens (tertiary/aromatic N) is 3. The van der Waals surface area contributed by atoms with Crippen LogP contribution in [0.1, 0.15) is 12.0 Å². The number of methoxy groups -OCH3 is 2. The third kappa shape index (κ3) is 4.87. The number of carbonyl (C=O) groups is 1. The highest BCUT2D eigenvalue weighted by Gasteiger charge is 2.11. The van der Waals surface area contributed by atoms with Gasteiger partial charge in [0.2, 0.25) is 5.91 Å². The molecule has 0 aliphatic carbocycles. The number of hydrogen-bond donors (Lipinski definition) is 1. The van der Waals surface area contributed by atoms with Gasteiger partial charge in [-0.15, -0.1) is 0 Å². The number of aryl methyl sites for hydroxylation is 1. The van der Waals surface area contributed by atoms with Crippen molar-refractivity contribution in [2.45, 2.75) is 19.5 Å². The predicted molar refractivity (Wildman–Crippen MR) is 121 cm³/mol. The fourth-order valence-electron chi connectivity index (χ4n) is 3.47. The zero-order chi connectivity index (χ0) is 23.4. The lowest BCUT2D eigenvalue weighted by Gasteiger charge is -2.11. The van der Waals surface area contributed by atoms with Gasteiger partial charge in [-0.25, -0.2) is 8.91 Å². The van der Waals surface area contributed by atoms with E-state index in [0.717, 1.165) is 5.56 Å². The largest absolute Gasteiger partial charge is 0.497 e. The maximum atomic E-state index is 13.2. The third-order valence-electron chi connectivity index (χ3n) is 5.29. The topological polar surface area (TPSA) is 86.9 Å². The van der Waals surface area contributed by atoms with Gasteiger partial charge in [0, 0.05) is 49.1 Å². The summed E-state index contributed by atoms with van der Waals surface area (Å²) in [4.78, 5) is 25.2. The van der Waals surface area contributed by atoms with Crippen LogP contribution in [0.4, 0.5) is 4.39 Å². The molecule has 0 spiro atoms. The van der Waals surface area contributed by atoms with E-state index in [4.69, 9.17) is 9.47 Å². The van der Waals surface area contributed by atoms with Crippen molar-refractivity contribution in [3.05, 3.63) is 82.7 Å². The van der Waals surface area contributed by atoms with Crippen molar-refractivity contribution in [1.29, 1.82) is 0 Å². The van der Waals surface area contributed by atoms with Crippen molar-refractivity contribution < 1.29 is 18.7 Å². The van der Waals surface area contributed by atoms with Crippen molar-refractivity contribution in [2.24, 2.45) is 0 Å². The molecule has 1 amide bonds. The molecule has 0 saturated heterocycles. The fourth-order valence-corrected chi connectivity index (χ4v) is 3.47. The van der Waals surface area contributed by atoms with Crippen molar-refractivity contribution in [3.8, 4) is 22.8 Å². The van der Waals surface area contributed by atoms with E-state index in [1.165, 1.54) is 21.2 Å². The summed E-state index contributed by atoms with van der Waals surface area (Å²) >= 11 is 0. The molecule has 4 aromatic rings. The van der Waals surface area contributed by atoms with Crippen molar-refractivity contribution in [2.75, 3.05) is 14.2 Å². The quantitative estimate of drug-likeness (QED) is 0.446. The molecule has 0 atom stereocenters. The molecular weight excluding hydrogens is 427 g/mol. The van der Waals surface area contributed by atoms with Gasteiger partial charge < -0.3 is 19.4 Å².